The molecule has 2 N–H and O–H groups in total. The molecule has 0 aliphatic carbocycles. The first-order valence-corrected chi connectivity index (χ1v) is 5.67. The zero-order valence-corrected chi connectivity index (χ0v) is 10.3. The topological polar surface area (TPSA) is 51.3 Å². The maximum atomic E-state index is 5.98. The number of aliphatic imine (C=N–C) groups is 1. The van der Waals surface area contributed by atoms with Crippen molar-refractivity contribution in [2.24, 2.45) is 4.99 Å². The molecule has 0 bridgehead atoms. The Hall–Kier alpha value is -2.42. The van der Waals surface area contributed by atoms with E-state index in [1.54, 1.807) is 18.6 Å². The molecule has 0 amide bonds. The van der Waals surface area contributed by atoms with Gasteiger partial charge in [0.1, 0.15) is 0 Å². The Morgan fingerprint density at radius 3 is 2.83 bits per heavy atom. The van der Waals surface area contributed by atoms with Crippen molar-refractivity contribution in [3.05, 3.63) is 60.4 Å². The standard InChI is InChI=1S/C15H15N3/c1-11(2)13-6-3-7-15(16)14(13)10-18-12-5-4-8-17-9-12/h3-10H,1,16H2,2H3. The first kappa shape index (κ1) is 12.0. The number of nitrogens with two attached hydrogens (primary N) is 1. The second kappa shape index (κ2) is 5.27. The molecule has 1 aromatic heterocycles. The van der Waals surface area contributed by atoms with Crippen LogP contribution in [-0.4, -0.2) is 11.2 Å². The van der Waals surface area contributed by atoms with Crippen molar-refractivity contribution in [2.45, 2.75) is 6.92 Å². The lowest BCUT2D eigenvalue weighted by molar-refractivity contribution is 1.31. The van der Waals surface area contributed by atoms with Gasteiger partial charge in [-0.15, -0.1) is 0 Å². The largest absolute Gasteiger partial charge is 0.398 e. The van der Waals surface area contributed by atoms with Crippen LogP contribution in [0.25, 0.3) is 5.57 Å². The van der Waals surface area contributed by atoms with Gasteiger partial charge in [0.2, 0.25) is 0 Å². The normalized spacial score (nSPS) is 10.7. The molecule has 3 heteroatoms. The van der Waals surface area contributed by atoms with Gasteiger partial charge < -0.3 is 5.73 Å². The molecular weight excluding hydrogens is 222 g/mol. The zero-order valence-electron chi connectivity index (χ0n) is 10.3. The SMILES string of the molecule is C=C(C)c1cccc(N)c1C=Nc1cccnc1. The Balaban J connectivity index is 2.40. The Morgan fingerprint density at radius 2 is 2.17 bits per heavy atom. The van der Waals surface area contributed by atoms with Crippen molar-refractivity contribution in [1.82, 2.24) is 4.98 Å². The summed E-state index contributed by atoms with van der Waals surface area (Å²) < 4.78 is 0. The molecule has 1 heterocycles. The lowest BCUT2D eigenvalue weighted by Gasteiger charge is -2.07. The van der Waals surface area contributed by atoms with Gasteiger partial charge >= 0.3 is 0 Å². The Kier molecular flexibility index (Phi) is 3.53. The average Bonchev–Trinajstić information content (AvgIpc) is 2.38. The third-order valence-corrected chi connectivity index (χ3v) is 2.59. The highest BCUT2D eigenvalue weighted by Gasteiger charge is 2.04. The van der Waals surface area contributed by atoms with Crippen LogP contribution in [-0.2, 0) is 0 Å². The van der Waals surface area contributed by atoms with E-state index in [-0.39, 0.29) is 0 Å². The fraction of sp³-hybridized carbons (Fsp3) is 0.0667. The van der Waals surface area contributed by atoms with Crippen molar-refractivity contribution < 1.29 is 0 Å². The summed E-state index contributed by atoms with van der Waals surface area (Å²) >= 11 is 0. The van der Waals surface area contributed by atoms with E-state index in [0.29, 0.717) is 5.69 Å². The highest BCUT2D eigenvalue weighted by molar-refractivity contribution is 5.94. The summed E-state index contributed by atoms with van der Waals surface area (Å²) in [5.74, 6) is 0. The molecule has 1 aromatic carbocycles. The minimum Gasteiger partial charge on any atom is -0.398 e. The van der Waals surface area contributed by atoms with Crippen molar-refractivity contribution >= 4 is 23.2 Å². The molecule has 18 heavy (non-hydrogen) atoms. The van der Waals surface area contributed by atoms with Gasteiger partial charge in [0.15, 0.2) is 0 Å². The maximum Gasteiger partial charge on any atom is 0.0813 e. The van der Waals surface area contributed by atoms with Gasteiger partial charge in [-0.1, -0.05) is 24.3 Å². The summed E-state index contributed by atoms with van der Waals surface area (Å²) in [6.45, 7) is 5.91. The van der Waals surface area contributed by atoms with E-state index in [9.17, 15) is 0 Å². The highest BCUT2D eigenvalue weighted by Crippen LogP contribution is 2.22. The van der Waals surface area contributed by atoms with Crippen LogP contribution in [0.3, 0.4) is 0 Å². The minimum absolute atomic E-state index is 0.697. The third-order valence-electron chi connectivity index (χ3n) is 2.59. The van der Waals surface area contributed by atoms with E-state index in [0.717, 1.165) is 22.4 Å². The second-order valence-corrected chi connectivity index (χ2v) is 4.06. The van der Waals surface area contributed by atoms with Crippen LogP contribution >= 0.6 is 0 Å². The van der Waals surface area contributed by atoms with Crippen molar-refractivity contribution in [3.63, 3.8) is 0 Å². The predicted molar refractivity (Wildman–Crippen MR) is 77.1 cm³/mol. The Bertz CT molecular complexity index is 586. The molecule has 0 saturated carbocycles. The molecule has 0 unspecified atom stereocenters. The summed E-state index contributed by atoms with van der Waals surface area (Å²) in [6.07, 6.45) is 5.18. The molecule has 0 atom stereocenters. The molecule has 0 aliphatic rings. The van der Waals surface area contributed by atoms with Gasteiger partial charge in [0, 0.05) is 23.7 Å². The average molecular weight is 237 g/mol. The monoisotopic (exact) mass is 237 g/mol. The molecule has 0 radical (unpaired) electrons. The zero-order chi connectivity index (χ0) is 13.0. The summed E-state index contributed by atoms with van der Waals surface area (Å²) in [5.41, 5.74) is 10.4. The first-order chi connectivity index (χ1) is 8.68. The van der Waals surface area contributed by atoms with Gasteiger partial charge in [-0.3, -0.25) is 9.98 Å². The van der Waals surface area contributed by atoms with Gasteiger partial charge in [0.25, 0.3) is 0 Å². The molecule has 0 aliphatic heterocycles. The molecular formula is C15H15N3. The maximum absolute atomic E-state index is 5.98. The number of nitrogens with zero attached hydrogens (tertiary/aromatic N) is 2. The van der Waals surface area contributed by atoms with E-state index < -0.39 is 0 Å². The highest BCUT2D eigenvalue weighted by atomic mass is 14.8. The van der Waals surface area contributed by atoms with Crippen LogP contribution in [0.2, 0.25) is 0 Å². The molecule has 3 nitrogen and oxygen atoms in total. The summed E-state index contributed by atoms with van der Waals surface area (Å²) in [4.78, 5) is 8.39. The molecule has 0 fully saturated rings. The molecule has 2 rings (SSSR count). The van der Waals surface area contributed by atoms with E-state index in [2.05, 4.69) is 16.6 Å². The van der Waals surface area contributed by atoms with Crippen molar-refractivity contribution in [2.75, 3.05) is 5.73 Å². The number of anilines is 1. The third kappa shape index (κ3) is 2.63. The summed E-state index contributed by atoms with van der Waals surface area (Å²) in [5, 5.41) is 0. The fourth-order valence-corrected chi connectivity index (χ4v) is 1.67. The number of benzene rings is 1. The molecule has 0 spiro atoms. The number of allylic oxidation sites excluding steroid dienone is 1. The summed E-state index contributed by atoms with van der Waals surface area (Å²) in [6, 6.07) is 9.50. The summed E-state index contributed by atoms with van der Waals surface area (Å²) in [7, 11) is 0. The van der Waals surface area contributed by atoms with Crippen LogP contribution in [0, 0.1) is 0 Å². The number of nitrogen functional groups attached to an aromatic ring is 1. The Morgan fingerprint density at radius 1 is 1.33 bits per heavy atom. The number of aromatic nitrogens is 1. The first-order valence-electron chi connectivity index (χ1n) is 5.67. The number of rotatable bonds is 3. The van der Waals surface area contributed by atoms with Gasteiger partial charge in [0.05, 0.1) is 11.9 Å². The Labute approximate surface area is 107 Å². The number of hydrogen-bond acceptors (Lipinski definition) is 3. The minimum atomic E-state index is 0.697. The van der Waals surface area contributed by atoms with Crippen molar-refractivity contribution in [1.29, 1.82) is 0 Å². The number of hydrogen-bond donors (Lipinski definition) is 1. The lowest BCUT2D eigenvalue weighted by atomic mass is 10.0. The quantitative estimate of drug-likeness (QED) is 0.656. The fourth-order valence-electron chi connectivity index (χ4n) is 1.67. The molecule has 0 saturated heterocycles. The van der Waals surface area contributed by atoms with Crippen LogP contribution in [0.5, 0.6) is 0 Å². The predicted octanol–water partition coefficient (Wildman–Crippen LogP) is 3.45. The molecule has 2 aromatic rings. The van der Waals surface area contributed by atoms with E-state index >= 15 is 0 Å². The van der Waals surface area contributed by atoms with Gasteiger partial charge in [-0.05, 0) is 30.7 Å². The van der Waals surface area contributed by atoms with Crippen molar-refractivity contribution in [3.8, 4) is 0 Å². The number of pyridine rings is 1. The van der Waals surface area contributed by atoms with Gasteiger partial charge in [-0.25, -0.2) is 0 Å². The van der Waals surface area contributed by atoms with E-state index in [1.165, 1.54) is 0 Å². The van der Waals surface area contributed by atoms with Crippen LogP contribution in [0.4, 0.5) is 11.4 Å². The smallest absolute Gasteiger partial charge is 0.0813 e. The van der Waals surface area contributed by atoms with Gasteiger partial charge in [-0.2, -0.15) is 0 Å². The van der Waals surface area contributed by atoms with Crippen LogP contribution < -0.4 is 5.73 Å². The van der Waals surface area contributed by atoms with E-state index in [4.69, 9.17) is 5.73 Å². The van der Waals surface area contributed by atoms with Crippen LogP contribution in [0.15, 0.2) is 54.3 Å². The molecule has 90 valence electrons. The lowest BCUT2D eigenvalue weighted by Crippen LogP contribution is -1.97. The van der Waals surface area contributed by atoms with Crippen LogP contribution in [0.1, 0.15) is 18.1 Å². The second-order valence-electron chi connectivity index (χ2n) is 4.06. The van der Waals surface area contributed by atoms with E-state index in [1.807, 2.05) is 37.3 Å².